The number of nitrogens with one attached hydrogen (secondary N) is 1. The number of carbonyl (C=O) groups excluding carboxylic acids is 1. The number of fused-ring (bicyclic) bond motifs is 3. The Kier molecular flexibility index (Phi) is 4.43. The molecular weight excluding hydrogens is 322 g/mol. The van der Waals surface area contributed by atoms with E-state index < -0.39 is 0 Å². The number of rotatable bonds is 5. The molecule has 0 aliphatic heterocycles. The summed E-state index contributed by atoms with van der Waals surface area (Å²) >= 11 is 0. The fraction of sp³-hybridized carbons (Fsp3) is 0.412. The molecule has 0 radical (unpaired) electrons. The van der Waals surface area contributed by atoms with Gasteiger partial charge in [0.15, 0.2) is 0 Å². The standard InChI is InChI=1S/C17H21N5O3/c1-11(2)10-18-14(23)8-9-21-15(24)12-6-4-5-7-13(12)22-16(21)19-20(3)17(22)25/h4-7,11H,8-10H2,1-3H3,(H,18,23). The maximum absolute atomic E-state index is 12.8. The normalized spacial score (nSPS) is 11.5. The Bertz CT molecular complexity index is 1060. The third-order valence-corrected chi connectivity index (χ3v) is 4.04. The van der Waals surface area contributed by atoms with Gasteiger partial charge in [0.05, 0.1) is 10.9 Å². The molecular formula is C17H21N5O3. The monoisotopic (exact) mass is 343 g/mol. The molecule has 1 amide bonds. The van der Waals surface area contributed by atoms with Crippen LogP contribution in [0.1, 0.15) is 20.3 Å². The molecule has 0 atom stereocenters. The van der Waals surface area contributed by atoms with Crippen LogP contribution < -0.4 is 16.6 Å². The van der Waals surface area contributed by atoms with Gasteiger partial charge in [0.1, 0.15) is 0 Å². The first-order chi connectivity index (χ1) is 11.9. The van der Waals surface area contributed by atoms with Crippen molar-refractivity contribution < 1.29 is 4.79 Å². The molecule has 2 aromatic heterocycles. The van der Waals surface area contributed by atoms with E-state index in [4.69, 9.17) is 0 Å². The molecule has 3 rings (SSSR count). The SMILES string of the molecule is CC(C)CNC(=O)CCn1c(=O)c2ccccc2n2c(=O)n(C)nc12. The Balaban J connectivity index is 2.06. The van der Waals surface area contributed by atoms with Crippen molar-refractivity contribution in [3.8, 4) is 0 Å². The van der Waals surface area contributed by atoms with Crippen LogP contribution in [-0.2, 0) is 18.4 Å². The number of hydrogen-bond acceptors (Lipinski definition) is 4. The molecule has 8 heteroatoms. The highest BCUT2D eigenvalue weighted by Crippen LogP contribution is 2.10. The van der Waals surface area contributed by atoms with Crippen LogP contribution in [0.5, 0.6) is 0 Å². The Morgan fingerprint density at radius 3 is 2.68 bits per heavy atom. The van der Waals surface area contributed by atoms with E-state index >= 15 is 0 Å². The summed E-state index contributed by atoms with van der Waals surface area (Å²) in [6, 6.07) is 6.90. The topological polar surface area (TPSA) is 90.4 Å². The van der Waals surface area contributed by atoms with Gasteiger partial charge in [-0.05, 0) is 18.1 Å². The lowest BCUT2D eigenvalue weighted by atomic mass is 10.2. The minimum atomic E-state index is -0.329. The molecule has 0 aliphatic carbocycles. The molecule has 0 fully saturated rings. The quantitative estimate of drug-likeness (QED) is 0.731. The molecule has 0 unspecified atom stereocenters. The van der Waals surface area contributed by atoms with Crippen LogP contribution >= 0.6 is 0 Å². The van der Waals surface area contributed by atoms with E-state index in [1.54, 1.807) is 24.3 Å². The molecule has 0 aliphatic rings. The molecule has 8 nitrogen and oxygen atoms in total. The summed E-state index contributed by atoms with van der Waals surface area (Å²) in [6.45, 7) is 4.77. The molecule has 25 heavy (non-hydrogen) atoms. The van der Waals surface area contributed by atoms with Gasteiger partial charge in [-0.25, -0.2) is 13.9 Å². The van der Waals surface area contributed by atoms with E-state index in [9.17, 15) is 14.4 Å². The first-order valence-corrected chi connectivity index (χ1v) is 8.24. The van der Waals surface area contributed by atoms with Crippen LogP contribution in [-0.4, -0.2) is 31.2 Å². The van der Waals surface area contributed by atoms with Crippen molar-refractivity contribution in [1.29, 1.82) is 0 Å². The lowest BCUT2D eigenvalue weighted by Crippen LogP contribution is -2.31. The fourth-order valence-electron chi connectivity index (χ4n) is 2.74. The van der Waals surface area contributed by atoms with Crippen molar-refractivity contribution in [1.82, 2.24) is 24.1 Å². The highest BCUT2D eigenvalue weighted by Gasteiger charge is 2.16. The van der Waals surface area contributed by atoms with Crippen molar-refractivity contribution in [3.05, 3.63) is 45.1 Å². The van der Waals surface area contributed by atoms with Crippen LogP contribution in [0.25, 0.3) is 16.7 Å². The molecule has 2 heterocycles. The molecule has 0 saturated heterocycles. The van der Waals surface area contributed by atoms with Crippen LogP contribution in [0, 0.1) is 5.92 Å². The third kappa shape index (κ3) is 3.07. The fourth-order valence-corrected chi connectivity index (χ4v) is 2.74. The van der Waals surface area contributed by atoms with Crippen molar-refractivity contribution in [3.63, 3.8) is 0 Å². The predicted molar refractivity (Wildman–Crippen MR) is 94.7 cm³/mol. The van der Waals surface area contributed by atoms with Gasteiger partial charge < -0.3 is 5.32 Å². The van der Waals surface area contributed by atoms with Gasteiger partial charge >= 0.3 is 5.69 Å². The van der Waals surface area contributed by atoms with E-state index in [1.807, 2.05) is 13.8 Å². The van der Waals surface area contributed by atoms with Crippen molar-refractivity contribution in [2.45, 2.75) is 26.8 Å². The third-order valence-electron chi connectivity index (χ3n) is 4.04. The van der Waals surface area contributed by atoms with Crippen molar-refractivity contribution in [2.24, 2.45) is 13.0 Å². The van der Waals surface area contributed by atoms with Gasteiger partial charge in [0.25, 0.3) is 5.56 Å². The van der Waals surface area contributed by atoms with Crippen molar-refractivity contribution >= 4 is 22.6 Å². The zero-order chi connectivity index (χ0) is 18.1. The van der Waals surface area contributed by atoms with Crippen LogP contribution in [0.4, 0.5) is 0 Å². The lowest BCUT2D eigenvalue weighted by Gasteiger charge is -2.10. The minimum absolute atomic E-state index is 0.134. The predicted octanol–water partition coefficient (Wildman–Crippen LogP) is 0.510. The van der Waals surface area contributed by atoms with E-state index in [-0.39, 0.29) is 35.9 Å². The van der Waals surface area contributed by atoms with E-state index in [0.29, 0.717) is 23.4 Å². The summed E-state index contributed by atoms with van der Waals surface area (Å²) in [5.74, 6) is 0.464. The first kappa shape index (κ1) is 16.9. The average molecular weight is 343 g/mol. The van der Waals surface area contributed by atoms with Gasteiger partial charge in [-0.2, -0.15) is 0 Å². The average Bonchev–Trinajstić information content (AvgIpc) is 2.88. The van der Waals surface area contributed by atoms with Gasteiger partial charge in [0, 0.05) is 26.6 Å². The van der Waals surface area contributed by atoms with Gasteiger partial charge in [-0.1, -0.05) is 26.0 Å². The number of benzene rings is 1. The summed E-state index contributed by atoms with van der Waals surface area (Å²) in [4.78, 5) is 37.2. The van der Waals surface area contributed by atoms with Crippen LogP contribution in [0.2, 0.25) is 0 Å². The van der Waals surface area contributed by atoms with E-state index in [2.05, 4.69) is 10.4 Å². The molecule has 132 valence electrons. The van der Waals surface area contributed by atoms with E-state index in [0.717, 1.165) is 0 Å². The second kappa shape index (κ2) is 6.54. The Morgan fingerprint density at radius 2 is 1.96 bits per heavy atom. The Morgan fingerprint density at radius 1 is 1.24 bits per heavy atom. The summed E-state index contributed by atoms with van der Waals surface area (Å²) in [7, 11) is 1.54. The Labute approximate surface area is 143 Å². The van der Waals surface area contributed by atoms with Crippen LogP contribution in [0.15, 0.2) is 33.9 Å². The number of aromatic nitrogens is 4. The van der Waals surface area contributed by atoms with Gasteiger partial charge in [-0.15, -0.1) is 5.10 Å². The molecule has 0 spiro atoms. The summed E-state index contributed by atoms with van der Waals surface area (Å²) in [6.07, 6.45) is 0.144. The second-order valence-electron chi connectivity index (χ2n) is 6.46. The number of para-hydroxylation sites is 1. The van der Waals surface area contributed by atoms with Crippen molar-refractivity contribution in [2.75, 3.05) is 6.54 Å². The molecule has 0 bridgehead atoms. The number of nitrogens with zero attached hydrogens (tertiary/aromatic N) is 4. The summed E-state index contributed by atoms with van der Waals surface area (Å²) < 4.78 is 3.98. The zero-order valence-electron chi connectivity index (χ0n) is 14.5. The highest BCUT2D eigenvalue weighted by atomic mass is 16.2. The Hall–Kier alpha value is -2.90. The number of amides is 1. The highest BCUT2D eigenvalue weighted by molar-refractivity contribution is 5.80. The maximum Gasteiger partial charge on any atom is 0.351 e. The number of carbonyl (C=O) groups is 1. The van der Waals surface area contributed by atoms with Crippen LogP contribution in [0.3, 0.4) is 0 Å². The maximum atomic E-state index is 12.8. The second-order valence-corrected chi connectivity index (χ2v) is 6.46. The smallest absolute Gasteiger partial charge is 0.351 e. The molecule has 1 aromatic carbocycles. The lowest BCUT2D eigenvalue weighted by molar-refractivity contribution is -0.121. The summed E-state index contributed by atoms with van der Waals surface area (Å²) in [5.41, 5.74) is -0.0734. The minimum Gasteiger partial charge on any atom is -0.356 e. The number of aryl methyl sites for hydroxylation is 2. The molecule has 0 saturated carbocycles. The largest absolute Gasteiger partial charge is 0.356 e. The zero-order valence-corrected chi connectivity index (χ0v) is 14.5. The summed E-state index contributed by atoms with van der Waals surface area (Å²) in [5, 5.41) is 7.42. The molecule has 3 aromatic rings. The first-order valence-electron chi connectivity index (χ1n) is 8.24. The van der Waals surface area contributed by atoms with Gasteiger partial charge in [-0.3, -0.25) is 14.2 Å². The van der Waals surface area contributed by atoms with E-state index in [1.165, 1.54) is 20.7 Å². The molecule has 1 N–H and O–H groups in total. The van der Waals surface area contributed by atoms with Gasteiger partial charge in [0.2, 0.25) is 11.7 Å². The number of hydrogen-bond donors (Lipinski definition) is 1.